The lowest BCUT2D eigenvalue weighted by atomic mass is 10.1. The fraction of sp³-hybridized carbons (Fsp3) is 0.100. The third kappa shape index (κ3) is 7.85. The van der Waals surface area contributed by atoms with Crippen molar-refractivity contribution >= 4 is 41.2 Å². The van der Waals surface area contributed by atoms with Gasteiger partial charge in [0.25, 0.3) is 5.91 Å². The van der Waals surface area contributed by atoms with Crippen LogP contribution in [0.25, 0.3) is 0 Å². The summed E-state index contributed by atoms with van der Waals surface area (Å²) in [6, 6.07) is 4.98. The van der Waals surface area contributed by atoms with Gasteiger partial charge in [-0.2, -0.15) is 4.99 Å². The molecule has 1 aromatic rings. The summed E-state index contributed by atoms with van der Waals surface area (Å²) >= 11 is 11.7. The first-order chi connectivity index (χ1) is 8.73. The number of aliphatic imine (C=N–C) groups is 1. The molecular weight excluding hydrogens is 295 g/mol. The third-order valence-corrected chi connectivity index (χ3v) is 2.35. The van der Waals surface area contributed by atoms with Gasteiger partial charge in [-0.3, -0.25) is 4.79 Å². The Bertz CT molecular complexity index is 477. The Morgan fingerprint density at radius 1 is 1.16 bits per heavy atom. The van der Waals surface area contributed by atoms with E-state index in [1.807, 2.05) is 0 Å². The number of hydrogen-bond acceptors (Lipinski definition) is 3. The van der Waals surface area contributed by atoms with Gasteiger partial charge in [0.05, 0.1) is 6.42 Å². The number of carbonyl (C=O) groups is 2. The van der Waals surface area contributed by atoms with Crippen LogP contribution in [0.3, 0.4) is 0 Å². The van der Waals surface area contributed by atoms with E-state index >= 15 is 0 Å². The van der Waals surface area contributed by atoms with Gasteiger partial charge in [0, 0.05) is 10.0 Å². The molecule has 0 aliphatic carbocycles. The lowest BCUT2D eigenvalue weighted by Crippen LogP contribution is -2.29. The molecule has 0 unspecified atom stereocenters. The number of guanidine groups is 1. The molecule has 0 aliphatic heterocycles. The molecule has 0 atom stereocenters. The normalized spacial score (nSPS) is 8.95. The molecule has 0 spiro atoms. The van der Waals surface area contributed by atoms with Crippen molar-refractivity contribution in [3.8, 4) is 0 Å². The molecule has 0 saturated carbocycles. The van der Waals surface area contributed by atoms with Gasteiger partial charge >= 0.3 is 0 Å². The van der Waals surface area contributed by atoms with E-state index in [0.29, 0.717) is 15.6 Å². The van der Waals surface area contributed by atoms with Crippen LogP contribution in [0.2, 0.25) is 10.0 Å². The van der Waals surface area contributed by atoms with Crippen LogP contribution < -0.4 is 22.3 Å². The maximum Gasteiger partial charge on any atom is 0.253 e. The molecule has 0 saturated heterocycles. The van der Waals surface area contributed by atoms with Crippen LogP contribution in [-0.4, -0.2) is 18.0 Å². The Hall–Kier alpha value is -1.99. The van der Waals surface area contributed by atoms with Crippen molar-refractivity contribution in [2.45, 2.75) is 6.42 Å². The predicted octanol–water partition coefficient (Wildman–Crippen LogP) is -0.376. The number of halogens is 2. The van der Waals surface area contributed by atoms with E-state index in [0.717, 1.165) is 0 Å². The van der Waals surface area contributed by atoms with Crippen molar-refractivity contribution in [3.05, 3.63) is 33.8 Å². The van der Waals surface area contributed by atoms with Crippen molar-refractivity contribution in [2.75, 3.05) is 0 Å². The quantitative estimate of drug-likeness (QED) is 0.503. The van der Waals surface area contributed by atoms with E-state index in [2.05, 4.69) is 10.7 Å². The molecule has 9 heteroatoms. The smallest absolute Gasteiger partial charge is 0.253 e. The second-order valence-corrected chi connectivity index (χ2v) is 3.94. The van der Waals surface area contributed by atoms with Crippen LogP contribution in [0.15, 0.2) is 23.2 Å². The summed E-state index contributed by atoms with van der Waals surface area (Å²) in [5.74, 6) is -0.756. The van der Waals surface area contributed by atoms with E-state index in [1.54, 1.807) is 18.2 Å². The van der Waals surface area contributed by atoms with Crippen molar-refractivity contribution in [2.24, 2.45) is 22.2 Å². The molecule has 7 nitrogen and oxygen atoms in total. The first-order valence-electron chi connectivity index (χ1n) is 4.75. The summed E-state index contributed by atoms with van der Waals surface area (Å²) < 4.78 is 0. The minimum Gasteiger partial charge on any atom is -0.530 e. The maximum absolute atomic E-state index is 11.3. The van der Waals surface area contributed by atoms with E-state index in [1.165, 1.54) is 0 Å². The van der Waals surface area contributed by atoms with Gasteiger partial charge in [0.1, 0.15) is 6.09 Å². The van der Waals surface area contributed by atoms with E-state index in [-0.39, 0.29) is 12.4 Å². The minimum absolute atomic E-state index is 0.0175. The highest BCUT2D eigenvalue weighted by Gasteiger charge is 2.09. The van der Waals surface area contributed by atoms with Gasteiger partial charge in [-0.15, -0.1) is 0 Å². The first kappa shape index (κ1) is 17.0. The minimum atomic E-state index is -1.58. The number of primary amides is 1. The topological polar surface area (TPSA) is 148 Å². The maximum atomic E-state index is 11.3. The molecule has 0 bridgehead atoms. The highest BCUT2D eigenvalue weighted by atomic mass is 35.5. The second-order valence-electron chi connectivity index (χ2n) is 3.13. The van der Waals surface area contributed by atoms with Crippen molar-refractivity contribution in [3.63, 3.8) is 0 Å². The van der Waals surface area contributed by atoms with Crippen LogP contribution in [0, 0.1) is 0 Å². The molecule has 6 N–H and O–H groups in total. The highest BCUT2D eigenvalue weighted by Crippen LogP contribution is 2.24. The number of amides is 2. The second kappa shape index (κ2) is 8.17. The Morgan fingerprint density at radius 3 is 1.95 bits per heavy atom. The van der Waals surface area contributed by atoms with Crippen LogP contribution in [0.1, 0.15) is 5.56 Å². The Labute approximate surface area is 119 Å². The van der Waals surface area contributed by atoms with Crippen LogP contribution >= 0.6 is 23.2 Å². The van der Waals surface area contributed by atoms with Gasteiger partial charge in [0.15, 0.2) is 5.96 Å². The number of nitrogens with two attached hydrogens (primary N) is 3. The molecule has 0 fully saturated rings. The van der Waals surface area contributed by atoms with Crippen LogP contribution in [0.5, 0.6) is 0 Å². The van der Waals surface area contributed by atoms with Crippen molar-refractivity contribution in [1.82, 2.24) is 0 Å². The van der Waals surface area contributed by atoms with Gasteiger partial charge < -0.3 is 27.1 Å². The highest BCUT2D eigenvalue weighted by molar-refractivity contribution is 6.36. The molecule has 19 heavy (non-hydrogen) atoms. The number of hydrogen-bond donors (Lipinski definition) is 3. The Kier molecular flexibility index (Phi) is 7.32. The number of carboxylic acid groups (broad SMARTS) is 1. The molecule has 104 valence electrons. The van der Waals surface area contributed by atoms with E-state index in [4.69, 9.17) is 44.6 Å². The largest absolute Gasteiger partial charge is 0.530 e. The average Bonchev–Trinajstić information content (AvgIpc) is 2.21. The summed E-state index contributed by atoms with van der Waals surface area (Å²) in [6.07, 6.45) is -1.60. The average molecular weight is 306 g/mol. The number of nitrogens with zero attached hydrogens (tertiary/aromatic N) is 1. The van der Waals surface area contributed by atoms with Crippen molar-refractivity contribution < 1.29 is 14.7 Å². The number of carbonyl (C=O) groups excluding carboxylic acids is 2. The molecule has 1 rings (SSSR count). The Balaban J connectivity index is 0.000000711. The molecule has 2 amide bonds. The molecule has 1 aromatic carbocycles. The summed E-state index contributed by atoms with van der Waals surface area (Å²) in [5, 5.41) is 9.50. The molecule has 0 aromatic heterocycles. The molecule has 0 aliphatic rings. The lowest BCUT2D eigenvalue weighted by molar-refractivity contribution is -0.245. The fourth-order valence-corrected chi connectivity index (χ4v) is 1.57. The van der Waals surface area contributed by atoms with Gasteiger partial charge in [-0.05, 0) is 17.7 Å². The van der Waals surface area contributed by atoms with Gasteiger partial charge in [-0.25, -0.2) is 0 Å². The number of benzene rings is 1. The summed E-state index contributed by atoms with van der Waals surface area (Å²) in [7, 11) is 0. The van der Waals surface area contributed by atoms with Crippen LogP contribution in [0.4, 0.5) is 4.79 Å². The Morgan fingerprint density at radius 2 is 1.58 bits per heavy atom. The molecule has 0 radical (unpaired) electrons. The third-order valence-electron chi connectivity index (χ3n) is 1.64. The zero-order valence-corrected chi connectivity index (χ0v) is 11.1. The summed E-state index contributed by atoms with van der Waals surface area (Å²) in [5.41, 5.74) is 14.6. The van der Waals surface area contributed by atoms with E-state index < -0.39 is 12.0 Å². The fourth-order valence-electron chi connectivity index (χ4n) is 1.04. The van der Waals surface area contributed by atoms with Gasteiger partial charge in [0.2, 0.25) is 0 Å². The predicted molar refractivity (Wildman–Crippen MR) is 70.6 cm³/mol. The monoisotopic (exact) mass is 305 g/mol. The van der Waals surface area contributed by atoms with E-state index in [9.17, 15) is 4.79 Å². The molecular formula is C10H11Cl2N4O3-. The van der Waals surface area contributed by atoms with Crippen molar-refractivity contribution in [1.29, 1.82) is 0 Å². The SMILES string of the molecule is NC(=O)[O-].NC(N)=NC(=O)Cc1c(Cl)cccc1Cl. The standard InChI is InChI=1S/C9H9Cl2N3O.CH3NO2/c10-6-2-1-3-7(11)5(6)4-8(15)14-9(12)13;2-1(3)4/h1-3H,4H2,(H4,12,13,14,15);2H2,(H,3,4)/p-1. The first-order valence-corrected chi connectivity index (χ1v) is 5.51. The lowest BCUT2D eigenvalue weighted by Gasteiger charge is -2.03. The van der Waals surface area contributed by atoms with Gasteiger partial charge in [-0.1, -0.05) is 29.3 Å². The zero-order valence-electron chi connectivity index (χ0n) is 9.60. The molecule has 0 heterocycles. The zero-order chi connectivity index (χ0) is 15.0. The van der Waals surface area contributed by atoms with Crippen LogP contribution in [-0.2, 0) is 11.2 Å². The summed E-state index contributed by atoms with van der Waals surface area (Å²) in [6.45, 7) is 0. The summed E-state index contributed by atoms with van der Waals surface area (Å²) in [4.78, 5) is 23.3. The number of rotatable bonds is 2.